The van der Waals surface area contributed by atoms with E-state index >= 15 is 0 Å². The van der Waals surface area contributed by atoms with Gasteiger partial charge in [0.25, 0.3) is 0 Å². The summed E-state index contributed by atoms with van der Waals surface area (Å²) in [5, 5.41) is 6.83. The third-order valence-electron chi connectivity index (χ3n) is 4.70. The van der Waals surface area contributed by atoms with E-state index in [0.29, 0.717) is 31.1 Å². The van der Waals surface area contributed by atoms with Crippen molar-refractivity contribution in [3.8, 4) is 0 Å². The van der Waals surface area contributed by atoms with E-state index in [4.69, 9.17) is 11.6 Å². The van der Waals surface area contributed by atoms with Crippen molar-refractivity contribution in [3.05, 3.63) is 70.7 Å². The highest BCUT2D eigenvalue weighted by Crippen LogP contribution is 2.28. The van der Waals surface area contributed by atoms with Gasteiger partial charge in [0.05, 0.1) is 12.5 Å². The summed E-state index contributed by atoms with van der Waals surface area (Å²) in [6.45, 7) is 2.40. The van der Waals surface area contributed by atoms with Gasteiger partial charge in [0.2, 0.25) is 11.8 Å². The molecule has 2 aromatic rings. The molecule has 0 radical (unpaired) electrons. The molecule has 150 valence electrons. The van der Waals surface area contributed by atoms with E-state index in [0.717, 1.165) is 17.7 Å². The smallest absolute Gasteiger partial charge is 0.224 e. The first-order valence-electron chi connectivity index (χ1n) is 9.20. The van der Waals surface area contributed by atoms with Crippen molar-refractivity contribution in [1.29, 1.82) is 0 Å². The summed E-state index contributed by atoms with van der Waals surface area (Å²) in [5.74, 6) is -0.0432. The average Bonchev–Trinajstić information content (AvgIpc) is 2.69. The maximum Gasteiger partial charge on any atom is 0.224 e. The van der Waals surface area contributed by atoms with E-state index in [1.807, 2.05) is 59.5 Å². The number of carbonyl (C=O) groups excluding carboxylic acids is 2. The van der Waals surface area contributed by atoms with Crippen molar-refractivity contribution < 1.29 is 9.59 Å². The fraction of sp³-hybridized carbons (Fsp3) is 0.333. The van der Waals surface area contributed by atoms with Gasteiger partial charge in [0.15, 0.2) is 0 Å². The highest BCUT2D eigenvalue weighted by atomic mass is 35.5. The molecule has 3 rings (SSSR count). The van der Waals surface area contributed by atoms with Crippen LogP contribution >= 0.6 is 24.0 Å². The Morgan fingerprint density at radius 3 is 2.57 bits per heavy atom. The van der Waals surface area contributed by atoms with Gasteiger partial charge in [-0.05, 0) is 17.2 Å². The van der Waals surface area contributed by atoms with Crippen LogP contribution in [0.3, 0.4) is 0 Å². The second-order valence-electron chi connectivity index (χ2n) is 6.59. The Morgan fingerprint density at radius 1 is 1.11 bits per heavy atom. The number of carbonyl (C=O) groups is 2. The van der Waals surface area contributed by atoms with Gasteiger partial charge in [0.1, 0.15) is 0 Å². The molecule has 0 aliphatic carbocycles. The van der Waals surface area contributed by atoms with E-state index in [2.05, 4.69) is 10.6 Å². The molecule has 1 aliphatic heterocycles. The highest BCUT2D eigenvalue weighted by molar-refractivity contribution is 6.31. The van der Waals surface area contributed by atoms with Crippen molar-refractivity contribution in [2.24, 2.45) is 0 Å². The zero-order valence-corrected chi connectivity index (χ0v) is 17.1. The van der Waals surface area contributed by atoms with Crippen LogP contribution < -0.4 is 10.6 Å². The first-order chi connectivity index (χ1) is 13.1. The Bertz CT molecular complexity index is 786. The zero-order valence-electron chi connectivity index (χ0n) is 15.6. The summed E-state index contributed by atoms with van der Waals surface area (Å²) in [7, 11) is 0. The second-order valence-corrected chi connectivity index (χ2v) is 7.00. The fourth-order valence-corrected chi connectivity index (χ4v) is 3.58. The van der Waals surface area contributed by atoms with Gasteiger partial charge in [-0.1, -0.05) is 60.1 Å². The molecule has 2 N–H and O–H groups in total. The molecule has 1 aliphatic rings. The molecule has 5 nitrogen and oxygen atoms in total. The molecule has 1 atom stereocenters. The third-order valence-corrected chi connectivity index (χ3v) is 5.04. The summed E-state index contributed by atoms with van der Waals surface area (Å²) in [5.41, 5.74) is 1.91. The van der Waals surface area contributed by atoms with Gasteiger partial charge in [-0.25, -0.2) is 0 Å². The third kappa shape index (κ3) is 5.96. The quantitative estimate of drug-likeness (QED) is 0.753. The van der Waals surface area contributed by atoms with E-state index in [-0.39, 0.29) is 36.7 Å². The van der Waals surface area contributed by atoms with E-state index < -0.39 is 0 Å². The van der Waals surface area contributed by atoms with Gasteiger partial charge in [-0.3, -0.25) is 9.59 Å². The molecule has 1 fully saturated rings. The number of amides is 2. The van der Waals surface area contributed by atoms with E-state index in [1.54, 1.807) is 0 Å². The fourth-order valence-electron chi connectivity index (χ4n) is 3.32. The molecular weight excluding hydrogens is 397 g/mol. The summed E-state index contributed by atoms with van der Waals surface area (Å²) < 4.78 is 0. The normalized spacial score (nSPS) is 16.2. The Labute approximate surface area is 176 Å². The molecule has 2 amide bonds. The van der Waals surface area contributed by atoms with Crippen LogP contribution in [0.1, 0.15) is 23.6 Å². The molecule has 2 aromatic carbocycles. The first-order valence-corrected chi connectivity index (χ1v) is 9.58. The number of piperazine rings is 1. The summed E-state index contributed by atoms with van der Waals surface area (Å²) >= 11 is 6.33. The van der Waals surface area contributed by atoms with Crippen LogP contribution in [0.15, 0.2) is 54.6 Å². The predicted molar refractivity (Wildman–Crippen MR) is 114 cm³/mol. The lowest BCUT2D eigenvalue weighted by atomic mass is 10.0. The molecular formula is C21H25Cl2N3O2. The number of nitrogens with one attached hydrogen (secondary N) is 2. The minimum absolute atomic E-state index is 0. The number of halogens is 2. The minimum atomic E-state index is -0.0834. The molecule has 28 heavy (non-hydrogen) atoms. The van der Waals surface area contributed by atoms with Crippen molar-refractivity contribution in [2.45, 2.75) is 18.9 Å². The number of hydrogen-bond donors (Lipinski definition) is 2. The number of nitrogens with zero attached hydrogens (tertiary/aromatic N) is 1. The summed E-state index contributed by atoms with van der Waals surface area (Å²) in [6.07, 6.45) is 0.604. The lowest BCUT2D eigenvalue weighted by Gasteiger charge is -2.37. The summed E-state index contributed by atoms with van der Waals surface area (Å²) in [4.78, 5) is 26.6. The molecule has 0 spiro atoms. The molecule has 0 aromatic heterocycles. The average molecular weight is 422 g/mol. The Balaban J connectivity index is 0.00000280. The van der Waals surface area contributed by atoms with Crippen molar-refractivity contribution >= 4 is 35.8 Å². The van der Waals surface area contributed by atoms with Crippen LogP contribution in [0, 0.1) is 0 Å². The predicted octanol–water partition coefficient (Wildman–Crippen LogP) is 2.98. The second kappa shape index (κ2) is 11.1. The van der Waals surface area contributed by atoms with Gasteiger partial charge < -0.3 is 15.5 Å². The van der Waals surface area contributed by atoms with Crippen molar-refractivity contribution in [1.82, 2.24) is 15.5 Å². The monoisotopic (exact) mass is 421 g/mol. The van der Waals surface area contributed by atoms with Crippen LogP contribution in [0.4, 0.5) is 0 Å². The van der Waals surface area contributed by atoms with Crippen LogP contribution in [0.25, 0.3) is 0 Å². The van der Waals surface area contributed by atoms with Crippen molar-refractivity contribution in [3.63, 3.8) is 0 Å². The summed E-state index contributed by atoms with van der Waals surface area (Å²) in [6, 6.07) is 17.1. The van der Waals surface area contributed by atoms with Gasteiger partial charge >= 0.3 is 0 Å². The number of hydrogen-bond acceptors (Lipinski definition) is 3. The maximum atomic E-state index is 12.7. The lowest BCUT2D eigenvalue weighted by Crippen LogP contribution is -2.49. The lowest BCUT2D eigenvalue weighted by molar-refractivity contribution is -0.134. The molecule has 1 saturated heterocycles. The highest BCUT2D eigenvalue weighted by Gasteiger charge is 2.28. The molecule has 7 heteroatoms. The van der Waals surface area contributed by atoms with Crippen LogP contribution in [0.2, 0.25) is 5.02 Å². The number of rotatable bonds is 6. The Morgan fingerprint density at radius 2 is 1.82 bits per heavy atom. The zero-order chi connectivity index (χ0) is 19.1. The van der Waals surface area contributed by atoms with Crippen LogP contribution in [-0.2, 0) is 16.0 Å². The van der Waals surface area contributed by atoms with E-state index in [9.17, 15) is 9.59 Å². The molecule has 1 heterocycles. The Kier molecular flexibility index (Phi) is 8.77. The van der Waals surface area contributed by atoms with Gasteiger partial charge in [0, 0.05) is 37.6 Å². The van der Waals surface area contributed by atoms with Crippen molar-refractivity contribution in [2.75, 3.05) is 26.2 Å². The largest absolute Gasteiger partial charge is 0.355 e. The minimum Gasteiger partial charge on any atom is -0.355 e. The number of benzene rings is 2. The SMILES string of the molecule is Cl.O=C(Cc1ccccc1)NCCC(=O)N1CCNCC1c1ccccc1Cl. The molecule has 0 bridgehead atoms. The topological polar surface area (TPSA) is 61.4 Å². The Hall–Kier alpha value is -2.08. The van der Waals surface area contributed by atoms with Crippen LogP contribution in [-0.4, -0.2) is 42.9 Å². The standard InChI is InChI=1S/C21H24ClN3O2.ClH/c22-18-9-5-4-8-17(18)19-15-23-12-13-25(19)21(27)10-11-24-20(26)14-16-6-2-1-3-7-16;/h1-9,19,23H,10-15H2,(H,24,26);1H. The van der Waals surface area contributed by atoms with Crippen LogP contribution in [0.5, 0.6) is 0 Å². The molecule has 1 unspecified atom stereocenters. The van der Waals surface area contributed by atoms with Gasteiger partial charge in [-0.2, -0.15) is 0 Å². The maximum absolute atomic E-state index is 12.7. The first kappa shape index (κ1) is 22.2. The van der Waals surface area contributed by atoms with E-state index in [1.165, 1.54) is 0 Å². The molecule has 0 saturated carbocycles. The van der Waals surface area contributed by atoms with Gasteiger partial charge in [-0.15, -0.1) is 12.4 Å².